The molecule has 2 rings (SSSR count). The number of hydrogen-bond acceptors (Lipinski definition) is 3. The lowest BCUT2D eigenvalue weighted by Gasteiger charge is -2.20. The zero-order valence-corrected chi connectivity index (χ0v) is 12.4. The van der Waals surface area contributed by atoms with Crippen LogP contribution < -0.4 is 10.1 Å². The van der Waals surface area contributed by atoms with Crippen molar-refractivity contribution in [3.63, 3.8) is 0 Å². The molecule has 0 spiro atoms. The number of rotatable bonds is 5. The highest BCUT2D eigenvalue weighted by Crippen LogP contribution is 2.32. The van der Waals surface area contributed by atoms with Gasteiger partial charge in [0.05, 0.1) is 19.8 Å². The van der Waals surface area contributed by atoms with Crippen molar-refractivity contribution >= 4 is 28.9 Å². The second kappa shape index (κ2) is 6.84. The maximum Gasteiger partial charge on any atom is 0.119 e. The van der Waals surface area contributed by atoms with Crippen molar-refractivity contribution in [1.29, 1.82) is 0 Å². The Bertz CT molecular complexity index is 552. The smallest absolute Gasteiger partial charge is 0.119 e. The first-order valence-electron chi connectivity index (χ1n) is 6.11. The van der Waals surface area contributed by atoms with E-state index >= 15 is 0 Å². The summed E-state index contributed by atoms with van der Waals surface area (Å²) >= 11 is 12.3. The number of aliphatic hydroxyl groups is 1. The number of hydrogen-bond donors (Lipinski definition) is 2. The molecule has 0 aliphatic carbocycles. The molecule has 2 aromatic rings. The van der Waals surface area contributed by atoms with E-state index in [0.29, 0.717) is 15.6 Å². The van der Waals surface area contributed by atoms with Crippen LogP contribution in [-0.2, 0) is 0 Å². The number of nitrogens with one attached hydrogen (secondary N) is 1. The minimum Gasteiger partial charge on any atom is -0.497 e. The van der Waals surface area contributed by atoms with Gasteiger partial charge in [-0.2, -0.15) is 0 Å². The summed E-state index contributed by atoms with van der Waals surface area (Å²) in [6, 6.07) is 12.3. The Balaban J connectivity index is 2.24. The SMILES string of the molecule is COc1ccc(NC(CO)c2c(Cl)cccc2Cl)cc1. The molecule has 5 heteroatoms. The van der Waals surface area contributed by atoms with Crippen molar-refractivity contribution < 1.29 is 9.84 Å². The lowest BCUT2D eigenvalue weighted by Crippen LogP contribution is -2.15. The van der Waals surface area contributed by atoms with Crippen LogP contribution in [0.2, 0.25) is 10.0 Å². The second-order valence-electron chi connectivity index (χ2n) is 4.24. The quantitative estimate of drug-likeness (QED) is 0.871. The standard InChI is InChI=1S/C15H15Cl2NO2/c1-20-11-7-5-10(6-8-11)18-14(9-19)15-12(16)3-2-4-13(15)17/h2-8,14,18-19H,9H2,1H3. The number of ether oxygens (including phenoxy) is 1. The van der Waals surface area contributed by atoms with E-state index < -0.39 is 0 Å². The van der Waals surface area contributed by atoms with Crippen LogP contribution in [-0.4, -0.2) is 18.8 Å². The Labute approximate surface area is 128 Å². The molecule has 0 amide bonds. The number of benzene rings is 2. The minimum atomic E-state index is -0.371. The molecule has 0 aromatic heterocycles. The van der Waals surface area contributed by atoms with Gasteiger partial charge in [-0.25, -0.2) is 0 Å². The Morgan fingerprint density at radius 1 is 1.10 bits per heavy atom. The molecule has 106 valence electrons. The average Bonchev–Trinajstić information content (AvgIpc) is 2.46. The molecule has 20 heavy (non-hydrogen) atoms. The molecule has 1 unspecified atom stereocenters. The molecule has 2 aromatic carbocycles. The highest BCUT2D eigenvalue weighted by atomic mass is 35.5. The third-order valence-electron chi connectivity index (χ3n) is 2.96. The van der Waals surface area contributed by atoms with Gasteiger partial charge in [0.2, 0.25) is 0 Å². The summed E-state index contributed by atoms with van der Waals surface area (Å²) in [6.45, 7) is -0.116. The Hall–Kier alpha value is -1.42. The van der Waals surface area contributed by atoms with Crippen LogP contribution in [0.5, 0.6) is 5.75 Å². The van der Waals surface area contributed by atoms with E-state index in [0.717, 1.165) is 11.4 Å². The predicted octanol–water partition coefficient (Wildman–Crippen LogP) is 4.15. The lowest BCUT2D eigenvalue weighted by molar-refractivity contribution is 0.276. The third-order valence-corrected chi connectivity index (χ3v) is 3.62. The normalized spacial score (nSPS) is 12.0. The van der Waals surface area contributed by atoms with Crippen LogP contribution in [0, 0.1) is 0 Å². The highest BCUT2D eigenvalue weighted by molar-refractivity contribution is 6.36. The molecular weight excluding hydrogens is 297 g/mol. The monoisotopic (exact) mass is 311 g/mol. The van der Waals surface area contributed by atoms with E-state index in [2.05, 4.69) is 5.32 Å². The summed E-state index contributed by atoms with van der Waals surface area (Å²) in [5, 5.41) is 13.8. The van der Waals surface area contributed by atoms with Crippen LogP contribution in [0.1, 0.15) is 11.6 Å². The first kappa shape index (κ1) is 15.0. The molecule has 2 N–H and O–H groups in total. The zero-order valence-electron chi connectivity index (χ0n) is 10.9. The van der Waals surface area contributed by atoms with Crippen molar-refractivity contribution in [3.05, 3.63) is 58.1 Å². The first-order valence-corrected chi connectivity index (χ1v) is 6.86. The van der Waals surface area contributed by atoms with Crippen LogP contribution in [0.15, 0.2) is 42.5 Å². The van der Waals surface area contributed by atoms with Gasteiger partial charge in [0, 0.05) is 21.3 Å². The average molecular weight is 312 g/mol. The third kappa shape index (κ3) is 3.37. The van der Waals surface area contributed by atoms with Crippen molar-refractivity contribution in [2.24, 2.45) is 0 Å². The van der Waals surface area contributed by atoms with E-state index in [1.165, 1.54) is 0 Å². The number of halogens is 2. The van der Waals surface area contributed by atoms with Crippen molar-refractivity contribution in [1.82, 2.24) is 0 Å². The van der Waals surface area contributed by atoms with Gasteiger partial charge in [-0.15, -0.1) is 0 Å². The fourth-order valence-electron chi connectivity index (χ4n) is 1.94. The van der Waals surface area contributed by atoms with E-state index in [9.17, 15) is 5.11 Å². The molecule has 0 fully saturated rings. The Kier molecular flexibility index (Phi) is 5.12. The van der Waals surface area contributed by atoms with Gasteiger partial charge in [0.25, 0.3) is 0 Å². The van der Waals surface area contributed by atoms with Crippen molar-refractivity contribution in [2.45, 2.75) is 6.04 Å². The first-order chi connectivity index (χ1) is 9.65. The summed E-state index contributed by atoms with van der Waals surface area (Å²) in [6.07, 6.45) is 0. The molecule has 3 nitrogen and oxygen atoms in total. The van der Waals surface area contributed by atoms with Crippen LogP contribution in [0.4, 0.5) is 5.69 Å². The van der Waals surface area contributed by atoms with Crippen LogP contribution in [0.3, 0.4) is 0 Å². The van der Waals surface area contributed by atoms with E-state index in [1.807, 2.05) is 24.3 Å². The largest absolute Gasteiger partial charge is 0.497 e. The zero-order chi connectivity index (χ0) is 14.5. The van der Waals surface area contributed by atoms with Crippen molar-refractivity contribution in [3.8, 4) is 5.75 Å². The van der Waals surface area contributed by atoms with Gasteiger partial charge in [-0.1, -0.05) is 29.3 Å². The molecule has 0 heterocycles. The minimum absolute atomic E-state index is 0.116. The van der Waals surface area contributed by atoms with E-state index in [-0.39, 0.29) is 12.6 Å². The van der Waals surface area contributed by atoms with Gasteiger partial charge in [-0.05, 0) is 36.4 Å². The molecule has 0 radical (unpaired) electrons. The van der Waals surface area contributed by atoms with Gasteiger partial charge < -0.3 is 15.2 Å². The molecule has 0 saturated heterocycles. The van der Waals surface area contributed by atoms with Crippen LogP contribution >= 0.6 is 23.2 Å². The molecular formula is C15H15Cl2NO2. The number of methoxy groups -OCH3 is 1. The summed E-state index contributed by atoms with van der Waals surface area (Å²) in [5.74, 6) is 0.770. The van der Waals surface area contributed by atoms with Gasteiger partial charge in [-0.3, -0.25) is 0 Å². The number of aliphatic hydroxyl groups excluding tert-OH is 1. The Morgan fingerprint density at radius 3 is 2.20 bits per heavy atom. The molecule has 0 aliphatic rings. The molecule has 0 aliphatic heterocycles. The maximum absolute atomic E-state index is 9.59. The summed E-state index contributed by atoms with van der Waals surface area (Å²) in [4.78, 5) is 0. The predicted molar refractivity (Wildman–Crippen MR) is 82.9 cm³/mol. The van der Waals surface area contributed by atoms with Gasteiger partial charge >= 0.3 is 0 Å². The molecule has 1 atom stereocenters. The number of anilines is 1. The summed E-state index contributed by atoms with van der Waals surface area (Å²) in [7, 11) is 1.61. The second-order valence-corrected chi connectivity index (χ2v) is 5.06. The molecule has 0 bridgehead atoms. The van der Waals surface area contributed by atoms with Gasteiger partial charge in [0.15, 0.2) is 0 Å². The highest BCUT2D eigenvalue weighted by Gasteiger charge is 2.17. The maximum atomic E-state index is 9.59. The van der Waals surface area contributed by atoms with Gasteiger partial charge in [0.1, 0.15) is 5.75 Å². The van der Waals surface area contributed by atoms with E-state index in [4.69, 9.17) is 27.9 Å². The fraction of sp³-hybridized carbons (Fsp3) is 0.200. The topological polar surface area (TPSA) is 41.5 Å². The molecule has 0 saturated carbocycles. The summed E-state index contributed by atoms with van der Waals surface area (Å²) < 4.78 is 5.10. The summed E-state index contributed by atoms with van der Waals surface area (Å²) in [5.41, 5.74) is 1.54. The lowest BCUT2D eigenvalue weighted by atomic mass is 10.1. The fourth-order valence-corrected chi connectivity index (χ4v) is 2.60. The van der Waals surface area contributed by atoms with Crippen LogP contribution in [0.25, 0.3) is 0 Å². The Morgan fingerprint density at radius 2 is 1.70 bits per heavy atom. The van der Waals surface area contributed by atoms with E-state index in [1.54, 1.807) is 25.3 Å². The van der Waals surface area contributed by atoms with Crippen molar-refractivity contribution in [2.75, 3.05) is 19.0 Å².